The van der Waals surface area contributed by atoms with Gasteiger partial charge in [0.2, 0.25) is 0 Å². The third-order valence-corrected chi connectivity index (χ3v) is 7.43. The lowest BCUT2D eigenvalue weighted by molar-refractivity contribution is -0.118. The Bertz CT molecular complexity index is 1250. The van der Waals surface area contributed by atoms with E-state index in [0.717, 1.165) is 56.0 Å². The quantitative estimate of drug-likeness (QED) is 0.408. The van der Waals surface area contributed by atoms with E-state index in [0.29, 0.717) is 23.1 Å². The predicted octanol–water partition coefficient (Wildman–Crippen LogP) is 5.17. The minimum Gasteiger partial charge on any atom is -0.508 e. The Labute approximate surface area is 232 Å². The standard InChI is InChI=1S/C32H42N4O3/c1-22(2)30(21-35-16-17-36(24(4)20-35)26-9-7-10-27(37)19-26)34-32(38)25-8-5-6-11-28(14-13-25)39-31-18-23(3)12-15-29(31)33/h5,7-10,12-15,18-19,22,24,30,37H,6,11,16-17,20-21,33H2,1-4H3,(H,34,38)/b8-5-,25-13+,28-14+/t24-,30+/m0/s1. The average molecular weight is 531 g/mol. The minimum atomic E-state index is -0.0797. The van der Waals surface area contributed by atoms with Crippen LogP contribution in [0.25, 0.3) is 0 Å². The van der Waals surface area contributed by atoms with Crippen molar-refractivity contribution >= 4 is 17.3 Å². The molecule has 208 valence electrons. The molecule has 0 spiro atoms. The van der Waals surface area contributed by atoms with Gasteiger partial charge in [-0.3, -0.25) is 9.69 Å². The van der Waals surface area contributed by atoms with Crippen LogP contribution in [-0.4, -0.2) is 54.2 Å². The SMILES string of the molecule is Cc1ccc(N)c(O/C2=C/C=C(C(=O)N[C@H](CN3CCN(c4cccc(O)c4)[C@@H](C)C3)C(C)C)\C=C/CC2)c1. The number of nitrogens with one attached hydrogen (secondary N) is 1. The fourth-order valence-corrected chi connectivity index (χ4v) is 5.07. The van der Waals surface area contributed by atoms with Crippen molar-refractivity contribution in [2.24, 2.45) is 5.92 Å². The summed E-state index contributed by atoms with van der Waals surface area (Å²) >= 11 is 0. The Hall–Kier alpha value is -3.71. The molecular weight excluding hydrogens is 488 g/mol. The van der Waals surface area contributed by atoms with Gasteiger partial charge in [-0.25, -0.2) is 0 Å². The lowest BCUT2D eigenvalue weighted by atomic mass is 10.0. The maximum atomic E-state index is 13.3. The lowest BCUT2D eigenvalue weighted by Crippen LogP contribution is -2.56. The van der Waals surface area contributed by atoms with Crippen molar-refractivity contribution in [3.63, 3.8) is 0 Å². The molecule has 1 aliphatic carbocycles. The number of phenols is 1. The van der Waals surface area contributed by atoms with Crippen molar-refractivity contribution in [3.05, 3.63) is 83.7 Å². The van der Waals surface area contributed by atoms with Crippen LogP contribution in [0.5, 0.6) is 11.5 Å². The predicted molar refractivity (Wildman–Crippen MR) is 159 cm³/mol. The van der Waals surface area contributed by atoms with E-state index in [1.54, 1.807) is 6.07 Å². The average Bonchev–Trinajstić information content (AvgIpc) is 2.87. The van der Waals surface area contributed by atoms with Gasteiger partial charge in [0.05, 0.1) is 5.69 Å². The molecule has 2 aromatic rings. The van der Waals surface area contributed by atoms with Gasteiger partial charge in [-0.1, -0.05) is 38.1 Å². The van der Waals surface area contributed by atoms with E-state index in [-0.39, 0.29) is 23.6 Å². The summed E-state index contributed by atoms with van der Waals surface area (Å²) < 4.78 is 6.11. The minimum absolute atomic E-state index is 0.0172. The Morgan fingerprint density at radius 1 is 1.18 bits per heavy atom. The topological polar surface area (TPSA) is 91.1 Å². The number of hydrogen-bond donors (Lipinski definition) is 3. The number of phenolic OH excluding ortho intramolecular Hbond substituents is 1. The molecule has 1 heterocycles. The van der Waals surface area contributed by atoms with Gasteiger partial charge in [0, 0.05) is 62.0 Å². The van der Waals surface area contributed by atoms with Crippen molar-refractivity contribution in [2.45, 2.75) is 52.6 Å². The fraction of sp³-hybridized carbons (Fsp3) is 0.406. The zero-order valence-electron chi connectivity index (χ0n) is 23.6. The second-order valence-corrected chi connectivity index (χ2v) is 11.0. The van der Waals surface area contributed by atoms with Gasteiger partial charge in [-0.05, 0) is 68.2 Å². The van der Waals surface area contributed by atoms with Crippen molar-refractivity contribution < 1.29 is 14.6 Å². The summed E-state index contributed by atoms with van der Waals surface area (Å²) in [5, 5.41) is 13.2. The molecular formula is C32H42N4O3. The first-order valence-corrected chi connectivity index (χ1v) is 13.9. The molecule has 1 fully saturated rings. The highest BCUT2D eigenvalue weighted by Crippen LogP contribution is 2.27. The summed E-state index contributed by atoms with van der Waals surface area (Å²) in [4.78, 5) is 18.1. The number of aryl methyl sites for hydroxylation is 1. The summed E-state index contributed by atoms with van der Waals surface area (Å²) in [6, 6.07) is 13.5. The normalized spacial score (nSPS) is 22.6. The Morgan fingerprint density at radius 2 is 2.00 bits per heavy atom. The molecule has 7 heteroatoms. The molecule has 0 unspecified atom stereocenters. The summed E-state index contributed by atoms with van der Waals surface area (Å²) in [6.45, 7) is 12.0. The number of ether oxygens (including phenoxy) is 1. The van der Waals surface area contributed by atoms with E-state index in [9.17, 15) is 9.90 Å². The molecule has 39 heavy (non-hydrogen) atoms. The van der Waals surface area contributed by atoms with E-state index in [1.165, 1.54) is 0 Å². The first-order chi connectivity index (χ1) is 18.7. The largest absolute Gasteiger partial charge is 0.508 e. The van der Waals surface area contributed by atoms with Gasteiger partial charge in [0.15, 0.2) is 0 Å². The molecule has 2 atom stereocenters. The van der Waals surface area contributed by atoms with E-state index >= 15 is 0 Å². The summed E-state index contributed by atoms with van der Waals surface area (Å²) in [6.07, 6.45) is 9.14. The molecule has 0 aromatic heterocycles. The molecule has 0 radical (unpaired) electrons. The summed E-state index contributed by atoms with van der Waals surface area (Å²) in [7, 11) is 0. The van der Waals surface area contributed by atoms with Crippen LogP contribution in [0.4, 0.5) is 11.4 Å². The van der Waals surface area contributed by atoms with Gasteiger partial charge >= 0.3 is 0 Å². The van der Waals surface area contributed by atoms with Crippen LogP contribution >= 0.6 is 0 Å². The molecule has 4 rings (SSSR count). The number of nitrogens with two attached hydrogens (primary N) is 1. The van der Waals surface area contributed by atoms with Gasteiger partial charge in [0.25, 0.3) is 5.91 Å². The second-order valence-electron chi connectivity index (χ2n) is 11.0. The second kappa shape index (κ2) is 12.9. The number of aromatic hydroxyl groups is 1. The van der Waals surface area contributed by atoms with Crippen molar-refractivity contribution in [3.8, 4) is 11.5 Å². The molecule has 1 aliphatic heterocycles. The number of amides is 1. The summed E-state index contributed by atoms with van der Waals surface area (Å²) in [5.74, 6) is 1.91. The zero-order valence-corrected chi connectivity index (χ0v) is 23.6. The van der Waals surface area contributed by atoms with E-state index < -0.39 is 0 Å². The van der Waals surface area contributed by atoms with Crippen molar-refractivity contribution in [1.29, 1.82) is 0 Å². The van der Waals surface area contributed by atoms with Gasteiger partial charge in [-0.15, -0.1) is 0 Å². The van der Waals surface area contributed by atoms with Crippen LogP contribution < -0.4 is 20.7 Å². The van der Waals surface area contributed by atoms with Crippen LogP contribution in [0.15, 0.2) is 78.1 Å². The maximum Gasteiger partial charge on any atom is 0.251 e. The number of piperazine rings is 1. The third kappa shape index (κ3) is 7.67. The maximum absolute atomic E-state index is 13.3. The number of rotatable bonds is 8. The molecule has 0 bridgehead atoms. The highest BCUT2D eigenvalue weighted by molar-refractivity contribution is 5.96. The van der Waals surface area contributed by atoms with E-state index in [2.05, 4.69) is 35.9 Å². The van der Waals surface area contributed by atoms with Crippen LogP contribution in [-0.2, 0) is 4.79 Å². The first kappa shape index (κ1) is 28.3. The smallest absolute Gasteiger partial charge is 0.251 e. The van der Waals surface area contributed by atoms with Gasteiger partial charge in [0.1, 0.15) is 17.3 Å². The highest BCUT2D eigenvalue weighted by atomic mass is 16.5. The molecule has 1 saturated heterocycles. The third-order valence-electron chi connectivity index (χ3n) is 7.43. The number of allylic oxidation sites excluding steroid dienone is 4. The number of benzene rings is 2. The molecule has 4 N–H and O–H groups in total. The number of nitrogens with zero attached hydrogens (tertiary/aromatic N) is 2. The molecule has 2 aromatic carbocycles. The molecule has 1 amide bonds. The van der Waals surface area contributed by atoms with Crippen molar-refractivity contribution in [1.82, 2.24) is 10.2 Å². The van der Waals surface area contributed by atoms with Crippen LogP contribution in [0, 0.1) is 12.8 Å². The Balaban J connectivity index is 1.39. The molecule has 0 saturated carbocycles. The number of hydrogen-bond acceptors (Lipinski definition) is 6. The van der Waals surface area contributed by atoms with Crippen LogP contribution in [0.1, 0.15) is 39.2 Å². The van der Waals surface area contributed by atoms with Crippen LogP contribution in [0.2, 0.25) is 0 Å². The fourth-order valence-electron chi connectivity index (χ4n) is 5.07. The summed E-state index contributed by atoms with van der Waals surface area (Å²) in [5.41, 5.74) is 9.43. The first-order valence-electron chi connectivity index (χ1n) is 13.9. The number of anilines is 2. The number of nitrogen functional groups attached to an aromatic ring is 1. The monoisotopic (exact) mass is 530 g/mol. The van der Waals surface area contributed by atoms with E-state index in [4.69, 9.17) is 10.5 Å². The lowest BCUT2D eigenvalue weighted by Gasteiger charge is -2.42. The van der Waals surface area contributed by atoms with E-state index in [1.807, 2.05) is 67.6 Å². The Morgan fingerprint density at radius 3 is 2.74 bits per heavy atom. The zero-order chi connectivity index (χ0) is 27.9. The number of carbonyl (C=O) groups is 1. The Kier molecular flexibility index (Phi) is 9.36. The highest BCUT2D eigenvalue weighted by Gasteiger charge is 2.27. The number of carbonyl (C=O) groups excluding carboxylic acids is 1. The van der Waals surface area contributed by atoms with Crippen molar-refractivity contribution in [2.75, 3.05) is 36.8 Å². The molecule has 2 aliphatic rings. The van der Waals surface area contributed by atoms with Crippen LogP contribution in [0.3, 0.4) is 0 Å². The molecule has 7 nitrogen and oxygen atoms in total. The van der Waals surface area contributed by atoms with Gasteiger partial charge in [-0.2, -0.15) is 0 Å². The van der Waals surface area contributed by atoms with Gasteiger partial charge < -0.3 is 25.8 Å².